The molecule has 1 saturated carbocycles. The largest absolute Gasteiger partial charge is 0.349 e. The van der Waals surface area contributed by atoms with E-state index in [1.54, 1.807) is 0 Å². The lowest BCUT2D eigenvalue weighted by atomic mass is 9.91. The molecule has 0 aliphatic heterocycles. The zero-order chi connectivity index (χ0) is 12.3. The van der Waals surface area contributed by atoms with Crippen molar-refractivity contribution >= 4 is 28.5 Å². The number of carbonyl (C=O) groups excluding carboxylic acids is 1. The van der Waals surface area contributed by atoms with Crippen molar-refractivity contribution in [3.8, 4) is 0 Å². The standard InChI is InChI=1S/C13H17IN2O/c14-10-3-1-9(2-4-10)13(17)16-12-7-5-11(15)6-8-12/h1-4,11-12H,5-8,15H2,(H,16,17). The number of amides is 1. The molecule has 92 valence electrons. The van der Waals surface area contributed by atoms with Crippen LogP contribution in [0.5, 0.6) is 0 Å². The Labute approximate surface area is 115 Å². The van der Waals surface area contributed by atoms with E-state index in [4.69, 9.17) is 5.73 Å². The summed E-state index contributed by atoms with van der Waals surface area (Å²) < 4.78 is 1.14. The van der Waals surface area contributed by atoms with E-state index in [9.17, 15) is 4.79 Å². The van der Waals surface area contributed by atoms with E-state index in [0.29, 0.717) is 12.1 Å². The summed E-state index contributed by atoms with van der Waals surface area (Å²) in [7, 11) is 0. The molecule has 1 amide bonds. The molecule has 4 heteroatoms. The van der Waals surface area contributed by atoms with E-state index in [0.717, 1.165) is 34.8 Å². The lowest BCUT2D eigenvalue weighted by molar-refractivity contribution is 0.0926. The maximum absolute atomic E-state index is 12.0. The molecule has 1 fully saturated rings. The van der Waals surface area contributed by atoms with Crippen molar-refractivity contribution in [1.29, 1.82) is 0 Å². The zero-order valence-electron chi connectivity index (χ0n) is 9.66. The van der Waals surface area contributed by atoms with Gasteiger partial charge in [0.2, 0.25) is 0 Å². The summed E-state index contributed by atoms with van der Waals surface area (Å²) >= 11 is 2.23. The van der Waals surface area contributed by atoms with Crippen LogP contribution in [0, 0.1) is 3.57 Å². The molecule has 0 atom stereocenters. The predicted molar refractivity (Wildman–Crippen MR) is 76.9 cm³/mol. The lowest BCUT2D eigenvalue weighted by Gasteiger charge is -2.26. The third kappa shape index (κ3) is 3.67. The van der Waals surface area contributed by atoms with Crippen LogP contribution in [-0.2, 0) is 0 Å². The van der Waals surface area contributed by atoms with Crippen LogP contribution in [0.15, 0.2) is 24.3 Å². The molecule has 0 bridgehead atoms. The third-order valence-corrected chi connectivity index (χ3v) is 3.93. The van der Waals surface area contributed by atoms with E-state index in [1.807, 2.05) is 24.3 Å². The number of nitrogens with one attached hydrogen (secondary N) is 1. The molecule has 0 radical (unpaired) electrons. The Morgan fingerprint density at radius 1 is 1.18 bits per heavy atom. The number of hydrogen-bond donors (Lipinski definition) is 2. The Morgan fingerprint density at radius 3 is 2.35 bits per heavy atom. The van der Waals surface area contributed by atoms with Gasteiger partial charge in [0.15, 0.2) is 0 Å². The van der Waals surface area contributed by atoms with E-state index in [-0.39, 0.29) is 5.91 Å². The summed E-state index contributed by atoms with van der Waals surface area (Å²) in [6.45, 7) is 0. The topological polar surface area (TPSA) is 55.1 Å². The number of benzene rings is 1. The van der Waals surface area contributed by atoms with Crippen molar-refractivity contribution in [1.82, 2.24) is 5.32 Å². The van der Waals surface area contributed by atoms with Crippen LogP contribution in [0.3, 0.4) is 0 Å². The van der Waals surface area contributed by atoms with Gasteiger partial charge in [-0.05, 0) is 72.5 Å². The second-order valence-electron chi connectivity index (χ2n) is 4.59. The van der Waals surface area contributed by atoms with Gasteiger partial charge in [-0.1, -0.05) is 0 Å². The Kier molecular flexibility index (Phi) is 4.39. The van der Waals surface area contributed by atoms with E-state index in [2.05, 4.69) is 27.9 Å². The van der Waals surface area contributed by atoms with Gasteiger partial charge in [0.25, 0.3) is 5.91 Å². The van der Waals surface area contributed by atoms with Gasteiger partial charge < -0.3 is 11.1 Å². The van der Waals surface area contributed by atoms with Gasteiger partial charge in [-0.15, -0.1) is 0 Å². The second-order valence-corrected chi connectivity index (χ2v) is 5.84. The van der Waals surface area contributed by atoms with Crippen LogP contribution in [0.4, 0.5) is 0 Å². The number of halogens is 1. The highest BCUT2D eigenvalue weighted by Gasteiger charge is 2.20. The smallest absolute Gasteiger partial charge is 0.251 e. The average Bonchev–Trinajstić information content (AvgIpc) is 2.33. The Balaban J connectivity index is 1.91. The predicted octanol–water partition coefficient (Wildman–Crippen LogP) is 2.29. The number of carbonyl (C=O) groups is 1. The highest BCUT2D eigenvalue weighted by atomic mass is 127. The summed E-state index contributed by atoms with van der Waals surface area (Å²) in [6.07, 6.45) is 4.02. The van der Waals surface area contributed by atoms with Crippen LogP contribution >= 0.6 is 22.6 Å². The third-order valence-electron chi connectivity index (χ3n) is 3.21. The van der Waals surface area contributed by atoms with Gasteiger partial charge in [-0.25, -0.2) is 0 Å². The van der Waals surface area contributed by atoms with Gasteiger partial charge in [0, 0.05) is 21.2 Å². The first-order valence-electron chi connectivity index (χ1n) is 5.97. The fourth-order valence-electron chi connectivity index (χ4n) is 2.13. The molecule has 2 rings (SSSR count). The van der Waals surface area contributed by atoms with Crippen molar-refractivity contribution < 1.29 is 4.79 Å². The van der Waals surface area contributed by atoms with Crippen molar-refractivity contribution in [3.05, 3.63) is 33.4 Å². The van der Waals surface area contributed by atoms with E-state index >= 15 is 0 Å². The molecule has 1 aliphatic rings. The monoisotopic (exact) mass is 344 g/mol. The molecule has 1 aromatic rings. The maximum atomic E-state index is 12.0. The first-order valence-corrected chi connectivity index (χ1v) is 7.05. The average molecular weight is 344 g/mol. The molecule has 1 aliphatic carbocycles. The molecule has 0 heterocycles. The molecule has 3 nitrogen and oxygen atoms in total. The summed E-state index contributed by atoms with van der Waals surface area (Å²) in [5.74, 6) is 0.0295. The van der Waals surface area contributed by atoms with Crippen LogP contribution in [0.25, 0.3) is 0 Å². The molecule has 0 aromatic heterocycles. The molecule has 0 unspecified atom stereocenters. The zero-order valence-corrected chi connectivity index (χ0v) is 11.8. The summed E-state index contributed by atoms with van der Waals surface area (Å²) in [5.41, 5.74) is 6.58. The van der Waals surface area contributed by atoms with Gasteiger partial charge >= 0.3 is 0 Å². The minimum Gasteiger partial charge on any atom is -0.349 e. The van der Waals surface area contributed by atoms with Gasteiger partial charge in [-0.3, -0.25) is 4.79 Å². The first kappa shape index (κ1) is 12.8. The van der Waals surface area contributed by atoms with E-state index in [1.165, 1.54) is 0 Å². The van der Waals surface area contributed by atoms with Crippen LogP contribution in [0.1, 0.15) is 36.0 Å². The number of nitrogens with two attached hydrogens (primary N) is 1. The normalized spacial score (nSPS) is 24.4. The molecular formula is C13H17IN2O. The molecule has 0 spiro atoms. The number of rotatable bonds is 2. The number of hydrogen-bond acceptors (Lipinski definition) is 2. The van der Waals surface area contributed by atoms with Gasteiger partial charge in [-0.2, -0.15) is 0 Å². The summed E-state index contributed by atoms with van der Waals surface area (Å²) in [6, 6.07) is 8.25. The lowest BCUT2D eigenvalue weighted by Crippen LogP contribution is -2.40. The fraction of sp³-hybridized carbons (Fsp3) is 0.462. The highest BCUT2D eigenvalue weighted by molar-refractivity contribution is 14.1. The minimum atomic E-state index is 0.0295. The molecule has 1 aromatic carbocycles. The minimum absolute atomic E-state index is 0.0295. The first-order chi connectivity index (χ1) is 8.15. The van der Waals surface area contributed by atoms with Crippen molar-refractivity contribution in [2.45, 2.75) is 37.8 Å². The fourth-order valence-corrected chi connectivity index (χ4v) is 2.49. The molecule has 0 saturated heterocycles. The molecular weight excluding hydrogens is 327 g/mol. The Hall–Kier alpha value is -0.620. The Bertz CT molecular complexity index is 383. The second kappa shape index (κ2) is 5.82. The van der Waals surface area contributed by atoms with Crippen molar-refractivity contribution in [3.63, 3.8) is 0 Å². The van der Waals surface area contributed by atoms with Gasteiger partial charge in [0.05, 0.1) is 0 Å². The SMILES string of the molecule is NC1CCC(NC(=O)c2ccc(I)cc2)CC1. The maximum Gasteiger partial charge on any atom is 0.251 e. The van der Waals surface area contributed by atoms with E-state index < -0.39 is 0 Å². The quantitative estimate of drug-likeness (QED) is 0.809. The Morgan fingerprint density at radius 2 is 1.76 bits per heavy atom. The molecule has 17 heavy (non-hydrogen) atoms. The van der Waals surface area contributed by atoms with Gasteiger partial charge in [0.1, 0.15) is 0 Å². The summed E-state index contributed by atoms with van der Waals surface area (Å²) in [4.78, 5) is 12.0. The van der Waals surface area contributed by atoms with Crippen LogP contribution < -0.4 is 11.1 Å². The van der Waals surface area contributed by atoms with Crippen molar-refractivity contribution in [2.75, 3.05) is 0 Å². The van der Waals surface area contributed by atoms with Crippen molar-refractivity contribution in [2.24, 2.45) is 5.73 Å². The van der Waals surface area contributed by atoms with Crippen LogP contribution in [0.2, 0.25) is 0 Å². The highest BCUT2D eigenvalue weighted by Crippen LogP contribution is 2.17. The molecule has 3 N–H and O–H groups in total. The summed E-state index contributed by atoms with van der Waals surface area (Å²) in [5, 5.41) is 3.08. The van der Waals surface area contributed by atoms with Crippen LogP contribution in [-0.4, -0.2) is 18.0 Å².